The topological polar surface area (TPSA) is 103 Å². The molecular formula is C40H55BrF6N4O6. The van der Waals surface area contributed by atoms with Gasteiger partial charge in [0, 0.05) is 29.0 Å². The molecule has 0 aliphatic heterocycles. The zero-order chi connectivity index (χ0) is 44.7. The number of carbonyl (C=O) groups excluding carboxylic acids is 2. The van der Waals surface area contributed by atoms with E-state index in [-0.39, 0.29) is 53.5 Å². The highest BCUT2D eigenvalue weighted by molar-refractivity contribution is 9.10. The Kier molecular flexibility index (Phi) is 21.1. The van der Waals surface area contributed by atoms with Crippen LogP contribution < -0.4 is 11.1 Å². The van der Waals surface area contributed by atoms with Crippen LogP contribution in [0.15, 0.2) is 38.6 Å². The van der Waals surface area contributed by atoms with Gasteiger partial charge >= 0.3 is 24.3 Å². The van der Waals surface area contributed by atoms with Gasteiger partial charge in [-0.1, -0.05) is 59.3 Å². The Bertz CT molecular complexity index is 1850. The van der Waals surface area contributed by atoms with Gasteiger partial charge in [-0.3, -0.25) is 24.0 Å². The van der Waals surface area contributed by atoms with Crippen molar-refractivity contribution in [1.82, 2.24) is 18.9 Å². The largest absolute Gasteiger partial charge is 0.464 e. The van der Waals surface area contributed by atoms with Gasteiger partial charge < -0.3 is 14.0 Å². The van der Waals surface area contributed by atoms with E-state index in [1.54, 1.807) is 32.8 Å². The molecule has 2 aromatic rings. The van der Waals surface area contributed by atoms with Crippen LogP contribution in [0.2, 0.25) is 0 Å². The molecule has 0 aromatic carbocycles. The molecule has 2 rings (SSSR count). The number of aromatic nitrogens is 2. The number of esters is 2. The number of pyridine rings is 2. The average Bonchev–Trinajstić information content (AvgIpc) is 3.03. The Labute approximate surface area is 340 Å². The van der Waals surface area contributed by atoms with Crippen molar-refractivity contribution < 1.29 is 45.4 Å². The van der Waals surface area contributed by atoms with E-state index in [0.29, 0.717) is 12.1 Å². The molecule has 0 bridgehead atoms. The molecule has 0 radical (unpaired) electrons. The summed E-state index contributed by atoms with van der Waals surface area (Å²) in [5, 5.41) is 0. The number of carbonyl (C=O) groups is 2. The summed E-state index contributed by atoms with van der Waals surface area (Å²) in [5.74, 6) is 6.32. The molecule has 2 unspecified atom stereocenters. The monoisotopic (exact) mass is 880 g/mol. The smallest absolute Gasteiger partial charge is 0.417 e. The second-order valence-electron chi connectivity index (χ2n) is 15.7. The van der Waals surface area contributed by atoms with Gasteiger partial charge in [-0.15, -0.1) is 6.42 Å². The number of terminal acetylenes is 1. The molecular weight excluding hydrogens is 826 g/mol. The summed E-state index contributed by atoms with van der Waals surface area (Å²) >= 11 is 2.82. The molecule has 0 amide bonds. The number of halogens is 7. The van der Waals surface area contributed by atoms with Crippen LogP contribution in [0.3, 0.4) is 0 Å². The summed E-state index contributed by atoms with van der Waals surface area (Å²) in [7, 11) is 7.36. The highest BCUT2D eigenvalue weighted by Crippen LogP contribution is 2.36. The van der Waals surface area contributed by atoms with Crippen LogP contribution in [-0.4, -0.2) is 85.4 Å². The lowest BCUT2D eigenvalue weighted by Crippen LogP contribution is -2.34. The zero-order valence-corrected chi connectivity index (χ0v) is 36.3. The van der Waals surface area contributed by atoms with Crippen molar-refractivity contribution in [3.05, 3.63) is 66.4 Å². The summed E-state index contributed by atoms with van der Waals surface area (Å²) in [5.41, 5.74) is -5.05. The standard InChI is InChI=1S/C20H27F3N2O3.C15H19BrF3NO3.C5H9N/c1-7-28-18(27)16(12-19(2,3)4)25-13-14(9-8-10-24(5)6)15(11-17(25)26)20(21,22)23;1-5-23-13(22)11(7-14(2,3)4)20-8-10(16)9(6-12(20)21)15(17,18)19;1-4-5-6(2)3/h11,13,16H,7,10,12H2,1-6H3;6,8,11H,5,7H2,1-4H3;1H,5H2,2-3H3. The fourth-order valence-electron chi connectivity index (χ4n) is 4.81. The third-order valence-electron chi connectivity index (χ3n) is 7.15. The lowest BCUT2D eigenvalue weighted by Gasteiger charge is -2.26. The van der Waals surface area contributed by atoms with E-state index in [0.717, 1.165) is 28.1 Å². The number of ether oxygens (including phenoxy) is 2. The summed E-state index contributed by atoms with van der Waals surface area (Å²) < 4.78 is 90.4. The van der Waals surface area contributed by atoms with Crippen molar-refractivity contribution in [1.29, 1.82) is 0 Å². The van der Waals surface area contributed by atoms with E-state index >= 15 is 0 Å². The molecule has 0 saturated carbocycles. The maximum atomic E-state index is 13.4. The Morgan fingerprint density at radius 1 is 0.737 bits per heavy atom. The summed E-state index contributed by atoms with van der Waals surface area (Å²) in [6.45, 7) is 15.7. The molecule has 0 aliphatic rings. The van der Waals surface area contributed by atoms with Gasteiger partial charge in [-0.05, 0) is 81.6 Å². The normalized spacial score (nSPS) is 12.8. The molecule has 57 heavy (non-hydrogen) atoms. The van der Waals surface area contributed by atoms with Gasteiger partial charge in [0.15, 0.2) is 0 Å². The van der Waals surface area contributed by atoms with E-state index < -0.39 is 58.6 Å². The maximum Gasteiger partial charge on any atom is 0.417 e. The molecule has 0 spiro atoms. The SMILES string of the molecule is C#CCN(C)C.CCOC(=O)C(CC(C)(C)C)n1cc(Br)c(C(F)(F)F)cc1=O.CCOC(=O)C(CC(C)(C)C)n1cc(C#CCN(C)C)c(C(F)(F)F)cc1=O. The van der Waals surface area contributed by atoms with Gasteiger partial charge in [0.25, 0.3) is 11.1 Å². The van der Waals surface area contributed by atoms with Crippen LogP contribution in [-0.2, 0) is 31.4 Å². The molecule has 17 heteroatoms. The van der Waals surface area contributed by atoms with Gasteiger partial charge in [0.1, 0.15) is 12.1 Å². The highest BCUT2D eigenvalue weighted by atomic mass is 79.9. The summed E-state index contributed by atoms with van der Waals surface area (Å²) in [4.78, 5) is 52.8. The first kappa shape index (κ1) is 52.9. The Morgan fingerprint density at radius 3 is 1.44 bits per heavy atom. The molecule has 0 N–H and O–H groups in total. The second kappa shape index (κ2) is 22.8. The first-order chi connectivity index (χ1) is 25.9. The van der Waals surface area contributed by atoms with E-state index in [9.17, 15) is 45.5 Å². The highest BCUT2D eigenvalue weighted by Gasteiger charge is 2.37. The Balaban J connectivity index is 0.000000974. The minimum atomic E-state index is -4.73. The van der Waals surface area contributed by atoms with Gasteiger partial charge in [0.05, 0.1) is 43.0 Å². The lowest BCUT2D eigenvalue weighted by atomic mass is 9.88. The first-order valence-corrected chi connectivity index (χ1v) is 18.6. The minimum absolute atomic E-state index is 0.102. The zero-order valence-electron chi connectivity index (χ0n) is 34.7. The fraction of sp³-hybridized carbons (Fsp3) is 0.600. The van der Waals surface area contributed by atoms with Crippen LogP contribution in [0, 0.1) is 35.0 Å². The van der Waals surface area contributed by atoms with E-state index in [4.69, 9.17) is 15.9 Å². The van der Waals surface area contributed by atoms with Gasteiger partial charge in [0.2, 0.25) is 0 Å². The van der Waals surface area contributed by atoms with E-state index in [1.807, 2.05) is 60.5 Å². The average molecular weight is 882 g/mol. The van der Waals surface area contributed by atoms with Crippen LogP contribution in [0.4, 0.5) is 26.3 Å². The van der Waals surface area contributed by atoms with Crippen LogP contribution in [0.25, 0.3) is 0 Å². The molecule has 10 nitrogen and oxygen atoms in total. The maximum absolute atomic E-state index is 13.4. The molecule has 0 saturated heterocycles. The quantitative estimate of drug-likeness (QED) is 0.136. The predicted molar refractivity (Wildman–Crippen MR) is 211 cm³/mol. The van der Waals surface area contributed by atoms with Crippen molar-refractivity contribution in [2.45, 2.75) is 92.7 Å². The molecule has 2 aromatic heterocycles. The van der Waals surface area contributed by atoms with Crippen molar-refractivity contribution in [3.63, 3.8) is 0 Å². The van der Waals surface area contributed by atoms with Crippen molar-refractivity contribution >= 4 is 27.9 Å². The van der Waals surface area contributed by atoms with E-state index in [2.05, 4.69) is 33.7 Å². The van der Waals surface area contributed by atoms with E-state index in [1.165, 1.54) is 0 Å². The molecule has 320 valence electrons. The summed E-state index contributed by atoms with van der Waals surface area (Å²) in [6.07, 6.45) is -1.96. The van der Waals surface area contributed by atoms with Crippen LogP contribution in [0.5, 0.6) is 0 Å². The number of hydrogen-bond donors (Lipinski definition) is 0. The van der Waals surface area contributed by atoms with Crippen molar-refractivity contribution in [2.75, 3.05) is 54.5 Å². The Hall–Kier alpha value is -4.06. The first-order valence-electron chi connectivity index (χ1n) is 17.8. The predicted octanol–water partition coefficient (Wildman–Crippen LogP) is 7.67. The van der Waals surface area contributed by atoms with Crippen molar-refractivity contribution in [2.24, 2.45) is 10.8 Å². The molecule has 2 atom stereocenters. The lowest BCUT2D eigenvalue weighted by molar-refractivity contribution is -0.149. The number of rotatable bonds is 10. The number of alkyl halides is 6. The molecule has 0 fully saturated rings. The third-order valence-corrected chi connectivity index (χ3v) is 7.78. The minimum Gasteiger partial charge on any atom is -0.464 e. The number of nitrogens with zero attached hydrogens (tertiary/aromatic N) is 4. The Morgan fingerprint density at radius 2 is 1.12 bits per heavy atom. The van der Waals surface area contributed by atoms with Gasteiger partial charge in [-0.25, -0.2) is 9.59 Å². The van der Waals surface area contributed by atoms with Crippen molar-refractivity contribution in [3.8, 4) is 24.2 Å². The van der Waals surface area contributed by atoms with Crippen LogP contribution >= 0.6 is 15.9 Å². The molecule has 0 aliphatic carbocycles. The third kappa shape index (κ3) is 19.8. The molecule has 2 heterocycles. The fourth-order valence-corrected chi connectivity index (χ4v) is 5.37. The summed E-state index contributed by atoms with van der Waals surface area (Å²) in [6, 6.07) is -1.04. The second-order valence-corrected chi connectivity index (χ2v) is 16.5. The van der Waals surface area contributed by atoms with Crippen LogP contribution in [0.1, 0.15) is 97.0 Å². The number of hydrogen-bond acceptors (Lipinski definition) is 8. The van der Waals surface area contributed by atoms with Gasteiger partial charge in [-0.2, -0.15) is 26.3 Å².